The number of hydrogen-bond donors (Lipinski definition) is 1. The molecule has 0 fully saturated rings. The van der Waals surface area contributed by atoms with Gasteiger partial charge < -0.3 is 10.5 Å². The number of carbonyl (C=O) groups is 3. The number of carbonyl (C=O) groups excluding carboxylic acids is 3. The van der Waals surface area contributed by atoms with Gasteiger partial charge in [0.25, 0.3) is 11.6 Å². The summed E-state index contributed by atoms with van der Waals surface area (Å²) in [6.45, 7) is 1.30. The van der Waals surface area contributed by atoms with E-state index in [1.807, 2.05) is 0 Å². The van der Waals surface area contributed by atoms with Gasteiger partial charge in [-0.25, -0.2) is 4.79 Å². The molecule has 0 saturated heterocycles. The van der Waals surface area contributed by atoms with Crippen LogP contribution in [-0.2, 0) is 9.53 Å². The Morgan fingerprint density at radius 3 is 2.35 bits per heavy atom. The molecular weight excluding hydrogens is 364 g/mol. The van der Waals surface area contributed by atoms with Crippen LogP contribution in [0.4, 0.5) is 5.69 Å². The lowest BCUT2D eigenvalue weighted by Crippen LogP contribution is -2.30. The van der Waals surface area contributed by atoms with Gasteiger partial charge in [0.15, 0.2) is 11.9 Å². The number of ketones is 1. The van der Waals surface area contributed by atoms with E-state index in [1.54, 1.807) is 0 Å². The third-order valence-electron chi connectivity index (χ3n) is 3.48. The molecule has 2 aromatic rings. The summed E-state index contributed by atoms with van der Waals surface area (Å²) in [6, 6.07) is 9.30. The molecule has 1 amide bonds. The van der Waals surface area contributed by atoms with Crippen molar-refractivity contribution in [2.75, 3.05) is 0 Å². The molecule has 0 saturated carbocycles. The fourth-order valence-electron chi connectivity index (χ4n) is 2.09. The van der Waals surface area contributed by atoms with Crippen molar-refractivity contribution in [2.24, 2.45) is 5.73 Å². The summed E-state index contributed by atoms with van der Waals surface area (Å²) in [7, 11) is 0. The van der Waals surface area contributed by atoms with Crippen LogP contribution in [0.1, 0.15) is 33.2 Å². The average Bonchev–Trinajstić information content (AvgIpc) is 2.61. The highest BCUT2D eigenvalue weighted by atomic mass is 35.5. The SMILES string of the molecule is C[C@H](OC(=O)c1ccccc1C(=O)c1ccc(Cl)c([N+](=O)[O-])c1)C(N)=O. The zero-order chi connectivity index (χ0) is 19.4. The maximum absolute atomic E-state index is 12.7. The molecule has 2 N–H and O–H groups in total. The van der Waals surface area contributed by atoms with Crippen molar-refractivity contribution in [1.29, 1.82) is 0 Å². The Hall–Kier alpha value is -3.26. The second-order valence-electron chi connectivity index (χ2n) is 5.25. The minimum atomic E-state index is -1.18. The van der Waals surface area contributed by atoms with Crippen molar-refractivity contribution in [2.45, 2.75) is 13.0 Å². The van der Waals surface area contributed by atoms with Gasteiger partial charge in [0, 0.05) is 17.2 Å². The molecule has 9 heteroatoms. The summed E-state index contributed by atoms with van der Waals surface area (Å²) < 4.78 is 4.91. The summed E-state index contributed by atoms with van der Waals surface area (Å²) in [5.41, 5.74) is 4.47. The summed E-state index contributed by atoms with van der Waals surface area (Å²) in [4.78, 5) is 46.3. The molecule has 26 heavy (non-hydrogen) atoms. The normalized spacial score (nSPS) is 11.5. The number of primary amides is 1. The zero-order valence-electron chi connectivity index (χ0n) is 13.5. The Morgan fingerprint density at radius 1 is 1.15 bits per heavy atom. The number of nitro groups is 1. The number of nitrogens with two attached hydrogens (primary N) is 1. The lowest BCUT2D eigenvalue weighted by molar-refractivity contribution is -0.384. The third-order valence-corrected chi connectivity index (χ3v) is 3.80. The number of nitro benzene ring substituents is 1. The van der Waals surface area contributed by atoms with Crippen LogP contribution < -0.4 is 5.73 Å². The maximum atomic E-state index is 12.7. The fraction of sp³-hybridized carbons (Fsp3) is 0.118. The van der Waals surface area contributed by atoms with E-state index in [0.717, 1.165) is 6.07 Å². The smallest absolute Gasteiger partial charge is 0.339 e. The highest BCUT2D eigenvalue weighted by Crippen LogP contribution is 2.27. The lowest BCUT2D eigenvalue weighted by atomic mass is 9.98. The van der Waals surface area contributed by atoms with E-state index in [4.69, 9.17) is 22.1 Å². The Morgan fingerprint density at radius 2 is 1.77 bits per heavy atom. The molecule has 0 unspecified atom stereocenters. The van der Waals surface area contributed by atoms with Gasteiger partial charge in [-0.1, -0.05) is 29.8 Å². The van der Waals surface area contributed by atoms with Crippen molar-refractivity contribution in [3.63, 3.8) is 0 Å². The molecule has 0 bridgehead atoms. The highest BCUT2D eigenvalue weighted by Gasteiger charge is 2.24. The minimum absolute atomic E-state index is 0.0238. The number of halogens is 1. The van der Waals surface area contributed by atoms with Gasteiger partial charge in [-0.3, -0.25) is 19.7 Å². The van der Waals surface area contributed by atoms with Crippen molar-refractivity contribution < 1.29 is 24.0 Å². The van der Waals surface area contributed by atoms with Crippen LogP contribution in [-0.4, -0.2) is 28.7 Å². The van der Waals surface area contributed by atoms with Crippen LogP contribution in [0.25, 0.3) is 0 Å². The number of rotatable bonds is 6. The predicted molar refractivity (Wildman–Crippen MR) is 92.1 cm³/mol. The van der Waals surface area contributed by atoms with E-state index >= 15 is 0 Å². The Labute approximate surface area is 152 Å². The number of amides is 1. The summed E-state index contributed by atoms with van der Waals surface area (Å²) in [6.07, 6.45) is -1.18. The molecule has 0 heterocycles. The highest BCUT2D eigenvalue weighted by molar-refractivity contribution is 6.33. The van der Waals surface area contributed by atoms with E-state index in [1.165, 1.54) is 43.3 Å². The molecule has 8 nitrogen and oxygen atoms in total. The van der Waals surface area contributed by atoms with E-state index in [0.29, 0.717) is 0 Å². The van der Waals surface area contributed by atoms with E-state index < -0.39 is 34.4 Å². The topological polar surface area (TPSA) is 130 Å². The van der Waals surface area contributed by atoms with Crippen LogP contribution in [0, 0.1) is 10.1 Å². The van der Waals surface area contributed by atoms with Crippen molar-refractivity contribution >= 4 is 34.9 Å². The van der Waals surface area contributed by atoms with Crippen molar-refractivity contribution in [3.8, 4) is 0 Å². The number of benzene rings is 2. The molecule has 2 rings (SSSR count). The number of esters is 1. The Balaban J connectivity index is 2.42. The molecule has 0 aliphatic carbocycles. The fourth-order valence-corrected chi connectivity index (χ4v) is 2.28. The third kappa shape index (κ3) is 4.04. The van der Waals surface area contributed by atoms with Gasteiger partial charge in [0.2, 0.25) is 0 Å². The summed E-state index contributed by atoms with van der Waals surface area (Å²) >= 11 is 5.74. The van der Waals surface area contributed by atoms with E-state index in [2.05, 4.69) is 0 Å². The van der Waals surface area contributed by atoms with Crippen LogP contribution in [0.5, 0.6) is 0 Å². The zero-order valence-corrected chi connectivity index (χ0v) is 14.2. The standard InChI is InChI=1S/C17H13ClN2O6/c1-9(16(19)22)26-17(23)12-5-3-2-4-11(12)15(21)10-6-7-13(18)14(8-10)20(24)25/h2-9H,1H3,(H2,19,22)/t9-/m0/s1. The maximum Gasteiger partial charge on any atom is 0.339 e. The first-order chi connectivity index (χ1) is 12.2. The van der Waals surface area contributed by atoms with Gasteiger partial charge in [0.1, 0.15) is 5.02 Å². The van der Waals surface area contributed by atoms with E-state index in [-0.39, 0.29) is 21.7 Å². The lowest BCUT2D eigenvalue weighted by Gasteiger charge is -2.12. The quantitative estimate of drug-likeness (QED) is 0.357. The largest absolute Gasteiger partial charge is 0.449 e. The van der Waals surface area contributed by atoms with Crippen molar-refractivity contribution in [3.05, 3.63) is 74.3 Å². The molecule has 1 atom stereocenters. The minimum Gasteiger partial charge on any atom is -0.449 e. The summed E-state index contributed by atoms with van der Waals surface area (Å²) in [5, 5.41) is 10.9. The molecule has 0 radical (unpaired) electrons. The molecule has 0 aliphatic rings. The summed E-state index contributed by atoms with van der Waals surface area (Å²) in [5.74, 6) is -2.39. The first-order valence-corrected chi connectivity index (χ1v) is 7.68. The predicted octanol–water partition coefficient (Wildman–Crippen LogP) is 2.51. The number of nitrogens with zero attached hydrogens (tertiary/aromatic N) is 1. The average molecular weight is 377 g/mol. The van der Waals surface area contributed by atoms with Gasteiger partial charge >= 0.3 is 5.97 Å². The molecule has 0 spiro atoms. The number of hydrogen-bond acceptors (Lipinski definition) is 6. The Kier molecular flexibility index (Phi) is 5.68. The van der Waals surface area contributed by atoms with Crippen molar-refractivity contribution in [1.82, 2.24) is 0 Å². The Bertz CT molecular complexity index is 912. The van der Waals surface area contributed by atoms with Gasteiger partial charge in [-0.2, -0.15) is 0 Å². The van der Waals surface area contributed by atoms with Crippen LogP contribution in [0.15, 0.2) is 42.5 Å². The van der Waals surface area contributed by atoms with Crippen LogP contribution in [0.2, 0.25) is 5.02 Å². The molecule has 0 aliphatic heterocycles. The van der Waals surface area contributed by atoms with E-state index in [9.17, 15) is 24.5 Å². The molecule has 2 aromatic carbocycles. The first kappa shape index (κ1) is 19.1. The van der Waals surface area contributed by atoms with Gasteiger partial charge in [-0.05, 0) is 25.1 Å². The monoisotopic (exact) mass is 376 g/mol. The first-order valence-electron chi connectivity index (χ1n) is 7.30. The van der Waals surface area contributed by atoms with Crippen LogP contribution in [0.3, 0.4) is 0 Å². The number of ether oxygens (including phenoxy) is 1. The van der Waals surface area contributed by atoms with Gasteiger partial charge in [0.05, 0.1) is 10.5 Å². The van der Waals surface area contributed by atoms with Crippen LogP contribution >= 0.6 is 11.6 Å². The molecule has 0 aromatic heterocycles. The van der Waals surface area contributed by atoms with Gasteiger partial charge in [-0.15, -0.1) is 0 Å². The molecular formula is C17H13ClN2O6. The second-order valence-corrected chi connectivity index (χ2v) is 5.66. The molecule has 134 valence electrons. The second kappa shape index (κ2) is 7.75.